The van der Waals surface area contributed by atoms with Crippen molar-refractivity contribution in [2.45, 2.75) is 57.8 Å². The minimum Gasteiger partial charge on any atom is -0.322 e. The third kappa shape index (κ3) is 2.69. The van der Waals surface area contributed by atoms with Gasteiger partial charge in [0.15, 0.2) is 9.84 Å². The maximum Gasteiger partial charge on any atom is 0.241 e. The SMILES string of the molecule is CCCC1NC(C)N(C2CCCS(=O)(=O)C2)C1=O. The van der Waals surface area contributed by atoms with Crippen LogP contribution in [0, 0.1) is 0 Å². The molecule has 2 aliphatic rings. The molecule has 0 aromatic carbocycles. The fourth-order valence-corrected chi connectivity index (χ4v) is 4.71. The molecule has 2 heterocycles. The van der Waals surface area contributed by atoms with Gasteiger partial charge in [0.2, 0.25) is 5.91 Å². The molecule has 2 fully saturated rings. The zero-order valence-electron chi connectivity index (χ0n) is 11.1. The monoisotopic (exact) mass is 274 g/mol. The van der Waals surface area contributed by atoms with Gasteiger partial charge in [-0.25, -0.2) is 8.42 Å². The lowest BCUT2D eigenvalue weighted by Crippen LogP contribution is -2.48. The second-order valence-corrected chi connectivity index (χ2v) is 7.57. The van der Waals surface area contributed by atoms with Crippen LogP contribution in [0.3, 0.4) is 0 Å². The molecule has 0 aromatic heterocycles. The van der Waals surface area contributed by atoms with Crippen LogP contribution in [0.25, 0.3) is 0 Å². The maximum absolute atomic E-state index is 12.3. The van der Waals surface area contributed by atoms with Crippen molar-refractivity contribution in [3.63, 3.8) is 0 Å². The van der Waals surface area contributed by atoms with Gasteiger partial charge in [0.05, 0.1) is 23.7 Å². The van der Waals surface area contributed by atoms with Gasteiger partial charge < -0.3 is 4.90 Å². The van der Waals surface area contributed by atoms with Crippen LogP contribution in [0.2, 0.25) is 0 Å². The molecule has 0 bridgehead atoms. The third-order valence-corrected chi connectivity index (χ3v) is 5.63. The van der Waals surface area contributed by atoms with E-state index >= 15 is 0 Å². The highest BCUT2D eigenvalue weighted by molar-refractivity contribution is 7.91. The van der Waals surface area contributed by atoms with Crippen molar-refractivity contribution in [3.05, 3.63) is 0 Å². The number of hydrogen-bond donors (Lipinski definition) is 1. The van der Waals surface area contributed by atoms with Crippen LogP contribution in [0.15, 0.2) is 0 Å². The Labute approximate surface area is 109 Å². The number of carbonyl (C=O) groups excluding carboxylic acids is 1. The van der Waals surface area contributed by atoms with Gasteiger partial charge >= 0.3 is 0 Å². The summed E-state index contributed by atoms with van der Waals surface area (Å²) in [6.45, 7) is 3.99. The Bertz CT molecular complexity index is 421. The summed E-state index contributed by atoms with van der Waals surface area (Å²) in [4.78, 5) is 14.0. The van der Waals surface area contributed by atoms with Gasteiger partial charge in [-0.05, 0) is 26.2 Å². The van der Waals surface area contributed by atoms with E-state index in [-0.39, 0.29) is 35.7 Å². The van der Waals surface area contributed by atoms with Gasteiger partial charge in [0, 0.05) is 6.04 Å². The van der Waals surface area contributed by atoms with Crippen LogP contribution < -0.4 is 5.32 Å². The van der Waals surface area contributed by atoms with Crippen LogP contribution in [0.4, 0.5) is 0 Å². The Hall–Kier alpha value is -0.620. The summed E-state index contributed by atoms with van der Waals surface area (Å²) < 4.78 is 23.4. The molecule has 5 nitrogen and oxygen atoms in total. The topological polar surface area (TPSA) is 66.5 Å². The van der Waals surface area contributed by atoms with E-state index < -0.39 is 9.84 Å². The molecular formula is C12H22N2O3S. The van der Waals surface area contributed by atoms with E-state index in [0.717, 1.165) is 19.3 Å². The van der Waals surface area contributed by atoms with Crippen molar-refractivity contribution in [2.24, 2.45) is 0 Å². The molecule has 18 heavy (non-hydrogen) atoms. The molecule has 104 valence electrons. The summed E-state index contributed by atoms with van der Waals surface area (Å²) in [5.74, 6) is 0.474. The molecule has 0 spiro atoms. The van der Waals surface area contributed by atoms with Crippen LogP contribution in [-0.4, -0.2) is 49.0 Å². The predicted octanol–water partition coefficient (Wildman–Crippen LogP) is 0.510. The van der Waals surface area contributed by atoms with Crippen LogP contribution in [0.1, 0.15) is 39.5 Å². The molecule has 1 N–H and O–H groups in total. The number of hydrogen-bond acceptors (Lipinski definition) is 4. The van der Waals surface area contributed by atoms with Gasteiger partial charge in [-0.3, -0.25) is 10.1 Å². The summed E-state index contributed by atoms with van der Waals surface area (Å²) in [6.07, 6.45) is 3.19. The Kier molecular flexibility index (Phi) is 3.96. The largest absolute Gasteiger partial charge is 0.322 e. The minimum absolute atomic E-state index is 0.0488. The van der Waals surface area contributed by atoms with Gasteiger partial charge in [-0.2, -0.15) is 0 Å². The lowest BCUT2D eigenvalue weighted by Gasteiger charge is -2.33. The van der Waals surface area contributed by atoms with Crippen molar-refractivity contribution >= 4 is 15.7 Å². The van der Waals surface area contributed by atoms with Crippen molar-refractivity contribution in [3.8, 4) is 0 Å². The van der Waals surface area contributed by atoms with Crippen molar-refractivity contribution in [1.29, 1.82) is 0 Å². The molecule has 0 aliphatic carbocycles. The van der Waals surface area contributed by atoms with E-state index in [9.17, 15) is 13.2 Å². The summed E-state index contributed by atoms with van der Waals surface area (Å²) in [5.41, 5.74) is 0. The summed E-state index contributed by atoms with van der Waals surface area (Å²) in [7, 11) is -2.97. The molecule has 2 aliphatic heterocycles. The first kappa shape index (κ1) is 13.8. The normalized spacial score (nSPS) is 36.0. The lowest BCUT2D eigenvalue weighted by atomic mass is 10.1. The Morgan fingerprint density at radius 1 is 1.44 bits per heavy atom. The molecule has 2 saturated heterocycles. The van der Waals surface area contributed by atoms with Gasteiger partial charge in [-0.15, -0.1) is 0 Å². The molecular weight excluding hydrogens is 252 g/mol. The highest BCUT2D eigenvalue weighted by Gasteiger charge is 2.42. The van der Waals surface area contributed by atoms with E-state index in [4.69, 9.17) is 0 Å². The number of nitrogens with zero attached hydrogens (tertiary/aromatic N) is 1. The molecule has 6 heteroatoms. The van der Waals surface area contributed by atoms with Crippen LogP contribution in [0.5, 0.6) is 0 Å². The molecule has 1 amide bonds. The molecule has 2 rings (SSSR count). The van der Waals surface area contributed by atoms with Gasteiger partial charge in [0.25, 0.3) is 0 Å². The Morgan fingerprint density at radius 3 is 2.78 bits per heavy atom. The first-order valence-corrected chi connectivity index (χ1v) is 8.55. The van der Waals surface area contributed by atoms with Crippen LogP contribution >= 0.6 is 0 Å². The molecule has 3 unspecified atom stereocenters. The standard InChI is InChI=1S/C12H22N2O3S/c1-3-5-11-12(15)14(9(2)13-11)10-6-4-7-18(16,17)8-10/h9-11,13H,3-8H2,1-2H3. The van der Waals surface area contributed by atoms with Gasteiger partial charge in [-0.1, -0.05) is 13.3 Å². The average Bonchev–Trinajstić information content (AvgIpc) is 2.53. The predicted molar refractivity (Wildman–Crippen MR) is 69.8 cm³/mol. The van der Waals surface area contributed by atoms with Crippen molar-refractivity contribution in [2.75, 3.05) is 11.5 Å². The highest BCUT2D eigenvalue weighted by Crippen LogP contribution is 2.24. The summed E-state index contributed by atoms with van der Waals surface area (Å²) >= 11 is 0. The quantitative estimate of drug-likeness (QED) is 0.814. The molecule has 0 aromatic rings. The van der Waals surface area contributed by atoms with E-state index in [1.807, 2.05) is 13.8 Å². The first-order valence-electron chi connectivity index (χ1n) is 6.73. The number of amides is 1. The Balaban J connectivity index is 2.10. The summed E-state index contributed by atoms with van der Waals surface area (Å²) in [6, 6.07) is -0.268. The van der Waals surface area contributed by atoms with Gasteiger partial charge in [0.1, 0.15) is 0 Å². The van der Waals surface area contributed by atoms with E-state index in [0.29, 0.717) is 6.42 Å². The highest BCUT2D eigenvalue weighted by atomic mass is 32.2. The number of rotatable bonds is 3. The average molecular weight is 274 g/mol. The molecule has 0 saturated carbocycles. The number of nitrogens with one attached hydrogen (secondary N) is 1. The zero-order valence-corrected chi connectivity index (χ0v) is 11.9. The lowest BCUT2D eigenvalue weighted by molar-refractivity contribution is -0.131. The summed E-state index contributed by atoms with van der Waals surface area (Å²) in [5, 5.41) is 3.26. The number of sulfone groups is 1. The van der Waals surface area contributed by atoms with Crippen molar-refractivity contribution in [1.82, 2.24) is 10.2 Å². The second kappa shape index (κ2) is 5.17. The van der Waals surface area contributed by atoms with E-state index in [2.05, 4.69) is 5.32 Å². The molecule has 0 radical (unpaired) electrons. The second-order valence-electron chi connectivity index (χ2n) is 5.34. The third-order valence-electron chi connectivity index (χ3n) is 3.82. The minimum atomic E-state index is -2.97. The van der Waals surface area contributed by atoms with Crippen molar-refractivity contribution < 1.29 is 13.2 Å². The van der Waals surface area contributed by atoms with Crippen LogP contribution in [-0.2, 0) is 14.6 Å². The molecule has 3 atom stereocenters. The first-order chi connectivity index (χ1) is 8.44. The Morgan fingerprint density at radius 2 is 2.17 bits per heavy atom. The fourth-order valence-electron chi connectivity index (χ4n) is 3.02. The zero-order chi connectivity index (χ0) is 13.3. The number of carbonyl (C=O) groups is 1. The fraction of sp³-hybridized carbons (Fsp3) is 0.917. The maximum atomic E-state index is 12.3. The van der Waals surface area contributed by atoms with E-state index in [1.54, 1.807) is 4.90 Å². The van der Waals surface area contributed by atoms with E-state index in [1.165, 1.54) is 0 Å². The smallest absolute Gasteiger partial charge is 0.241 e.